The molecule has 27 heavy (non-hydrogen) atoms. The first-order valence-corrected chi connectivity index (χ1v) is 9.25. The lowest BCUT2D eigenvalue weighted by Crippen LogP contribution is -2.24. The van der Waals surface area contributed by atoms with Crippen LogP contribution in [0.1, 0.15) is 12.8 Å². The molecule has 1 aliphatic heterocycles. The molecule has 3 aromatic rings. The molecule has 1 fully saturated rings. The number of hydrogen-bond donors (Lipinski definition) is 1. The number of rotatable bonds is 5. The fourth-order valence-corrected chi connectivity index (χ4v) is 3.49. The summed E-state index contributed by atoms with van der Waals surface area (Å²) in [4.78, 5) is 25.9. The van der Waals surface area contributed by atoms with Crippen molar-refractivity contribution < 1.29 is 4.79 Å². The Balaban J connectivity index is 1.53. The van der Waals surface area contributed by atoms with Gasteiger partial charge in [-0.05, 0) is 30.4 Å². The van der Waals surface area contributed by atoms with Gasteiger partial charge >= 0.3 is 0 Å². The molecule has 2 aromatic heterocycles. The number of aromatic nitrogens is 3. The normalized spacial score (nSPS) is 13.9. The molecule has 7 nitrogen and oxygen atoms in total. The maximum absolute atomic E-state index is 12.6. The highest BCUT2D eigenvalue weighted by molar-refractivity contribution is 5.94. The van der Waals surface area contributed by atoms with Crippen molar-refractivity contribution in [3.05, 3.63) is 42.7 Å². The van der Waals surface area contributed by atoms with Crippen LogP contribution in [-0.4, -0.2) is 47.6 Å². The van der Waals surface area contributed by atoms with Gasteiger partial charge in [-0.3, -0.25) is 4.79 Å². The van der Waals surface area contributed by atoms with Crippen LogP contribution in [0.15, 0.2) is 42.7 Å². The fourth-order valence-electron chi connectivity index (χ4n) is 3.49. The number of nitrogens with one attached hydrogen (secondary N) is 1. The standard InChI is InChI=1S/C20H24N6O/c1-24(2)19-16(13-21-20(23-19)25-10-5-6-11-25)22-18(27)14-26-12-9-15-7-3-4-8-17(15)26/h3-4,7-9,12-13H,5-6,10-11,14H2,1-2H3,(H,22,27). The topological polar surface area (TPSA) is 66.3 Å². The van der Waals surface area contributed by atoms with Gasteiger partial charge in [-0.15, -0.1) is 0 Å². The van der Waals surface area contributed by atoms with E-state index in [1.54, 1.807) is 6.20 Å². The quantitative estimate of drug-likeness (QED) is 0.754. The van der Waals surface area contributed by atoms with Crippen molar-refractivity contribution in [1.29, 1.82) is 0 Å². The molecule has 0 atom stereocenters. The van der Waals surface area contributed by atoms with E-state index >= 15 is 0 Å². The van der Waals surface area contributed by atoms with Crippen molar-refractivity contribution >= 4 is 34.3 Å². The summed E-state index contributed by atoms with van der Waals surface area (Å²) in [5, 5.41) is 4.09. The Morgan fingerprint density at radius 3 is 2.74 bits per heavy atom. The molecular weight excluding hydrogens is 340 g/mol. The summed E-state index contributed by atoms with van der Waals surface area (Å²) in [6.45, 7) is 2.22. The van der Waals surface area contributed by atoms with Crippen LogP contribution in [0.3, 0.4) is 0 Å². The molecule has 1 saturated heterocycles. The van der Waals surface area contributed by atoms with Gasteiger partial charge in [0.1, 0.15) is 12.2 Å². The molecule has 0 aliphatic carbocycles. The zero-order chi connectivity index (χ0) is 18.8. The van der Waals surface area contributed by atoms with Crippen LogP contribution in [0.25, 0.3) is 10.9 Å². The molecule has 0 unspecified atom stereocenters. The van der Waals surface area contributed by atoms with Crippen molar-refractivity contribution in [1.82, 2.24) is 14.5 Å². The van der Waals surface area contributed by atoms with Crippen LogP contribution in [0.4, 0.5) is 17.5 Å². The average Bonchev–Trinajstić information content (AvgIpc) is 3.32. The summed E-state index contributed by atoms with van der Waals surface area (Å²) in [7, 11) is 3.84. The minimum atomic E-state index is -0.100. The van der Waals surface area contributed by atoms with Crippen LogP contribution in [-0.2, 0) is 11.3 Å². The number of para-hydroxylation sites is 1. The molecule has 1 aliphatic rings. The first kappa shape index (κ1) is 17.3. The summed E-state index contributed by atoms with van der Waals surface area (Å²) < 4.78 is 1.94. The Bertz CT molecular complexity index is 958. The van der Waals surface area contributed by atoms with E-state index in [1.807, 2.05) is 60.1 Å². The van der Waals surface area contributed by atoms with Crippen molar-refractivity contribution in [3.8, 4) is 0 Å². The Kier molecular flexibility index (Phi) is 4.66. The highest BCUT2D eigenvalue weighted by atomic mass is 16.2. The minimum Gasteiger partial charge on any atom is -0.361 e. The summed E-state index contributed by atoms with van der Waals surface area (Å²) in [5.74, 6) is 1.35. The largest absolute Gasteiger partial charge is 0.361 e. The van der Waals surface area contributed by atoms with Crippen LogP contribution in [0.2, 0.25) is 0 Å². The first-order chi connectivity index (χ1) is 13.1. The number of carbonyl (C=O) groups is 1. The minimum absolute atomic E-state index is 0.100. The smallest absolute Gasteiger partial charge is 0.244 e. The monoisotopic (exact) mass is 364 g/mol. The SMILES string of the molecule is CN(C)c1nc(N2CCCC2)ncc1NC(=O)Cn1ccc2ccccc21. The number of benzene rings is 1. The van der Waals surface area contributed by atoms with Gasteiger partial charge in [0.2, 0.25) is 11.9 Å². The second-order valence-electron chi connectivity index (χ2n) is 7.05. The maximum Gasteiger partial charge on any atom is 0.244 e. The van der Waals surface area contributed by atoms with Crippen LogP contribution in [0.5, 0.6) is 0 Å². The molecule has 0 radical (unpaired) electrons. The van der Waals surface area contributed by atoms with Crippen molar-refractivity contribution in [2.75, 3.05) is 42.3 Å². The summed E-state index contributed by atoms with van der Waals surface area (Å²) in [5.41, 5.74) is 1.67. The van der Waals surface area contributed by atoms with E-state index in [0.29, 0.717) is 5.69 Å². The third-order valence-electron chi connectivity index (χ3n) is 4.84. The molecule has 3 heterocycles. The van der Waals surface area contributed by atoms with Gasteiger partial charge in [0.25, 0.3) is 0 Å². The molecule has 0 bridgehead atoms. The zero-order valence-electron chi connectivity index (χ0n) is 15.7. The number of fused-ring (bicyclic) bond motifs is 1. The fraction of sp³-hybridized carbons (Fsp3) is 0.350. The first-order valence-electron chi connectivity index (χ1n) is 9.25. The molecule has 1 aromatic carbocycles. The number of nitrogens with zero attached hydrogens (tertiary/aromatic N) is 5. The van der Waals surface area contributed by atoms with Gasteiger partial charge in [0.15, 0.2) is 5.82 Å². The third kappa shape index (κ3) is 3.58. The molecular formula is C20H24N6O. The van der Waals surface area contributed by atoms with Gasteiger partial charge in [-0.2, -0.15) is 4.98 Å². The van der Waals surface area contributed by atoms with Crippen molar-refractivity contribution in [2.45, 2.75) is 19.4 Å². The summed E-state index contributed by atoms with van der Waals surface area (Å²) in [6, 6.07) is 10.0. The zero-order valence-corrected chi connectivity index (χ0v) is 15.7. The van der Waals surface area contributed by atoms with E-state index in [4.69, 9.17) is 0 Å². The molecule has 0 spiro atoms. The predicted octanol–water partition coefficient (Wildman–Crippen LogP) is 2.74. The summed E-state index contributed by atoms with van der Waals surface area (Å²) >= 11 is 0. The Labute approximate surface area is 158 Å². The number of amides is 1. The van der Waals surface area contributed by atoms with Gasteiger partial charge in [0, 0.05) is 38.9 Å². The number of hydrogen-bond acceptors (Lipinski definition) is 5. The van der Waals surface area contributed by atoms with Crippen LogP contribution in [0, 0.1) is 0 Å². The van der Waals surface area contributed by atoms with Crippen molar-refractivity contribution in [2.24, 2.45) is 0 Å². The lowest BCUT2D eigenvalue weighted by atomic mass is 10.2. The molecule has 140 valence electrons. The maximum atomic E-state index is 12.6. The Morgan fingerprint density at radius 1 is 1.19 bits per heavy atom. The lowest BCUT2D eigenvalue weighted by Gasteiger charge is -2.21. The average molecular weight is 364 g/mol. The predicted molar refractivity (Wildman–Crippen MR) is 108 cm³/mol. The molecule has 0 saturated carbocycles. The number of carbonyl (C=O) groups excluding carboxylic acids is 1. The highest BCUT2D eigenvalue weighted by Gasteiger charge is 2.18. The second-order valence-corrected chi connectivity index (χ2v) is 7.05. The summed E-state index contributed by atoms with van der Waals surface area (Å²) in [6.07, 6.45) is 5.99. The lowest BCUT2D eigenvalue weighted by molar-refractivity contribution is -0.116. The Hall–Kier alpha value is -3.09. The van der Waals surface area contributed by atoms with E-state index in [1.165, 1.54) is 12.8 Å². The van der Waals surface area contributed by atoms with E-state index in [2.05, 4.69) is 20.2 Å². The van der Waals surface area contributed by atoms with Gasteiger partial charge in [-0.25, -0.2) is 4.98 Å². The van der Waals surface area contributed by atoms with E-state index in [9.17, 15) is 4.79 Å². The highest BCUT2D eigenvalue weighted by Crippen LogP contribution is 2.25. The van der Waals surface area contributed by atoms with Gasteiger partial charge in [0.05, 0.1) is 6.20 Å². The van der Waals surface area contributed by atoms with Gasteiger partial charge < -0.3 is 19.7 Å². The molecule has 1 N–H and O–H groups in total. The third-order valence-corrected chi connectivity index (χ3v) is 4.84. The van der Waals surface area contributed by atoms with Crippen LogP contribution < -0.4 is 15.1 Å². The van der Waals surface area contributed by atoms with E-state index in [-0.39, 0.29) is 12.5 Å². The van der Waals surface area contributed by atoms with Gasteiger partial charge in [-0.1, -0.05) is 18.2 Å². The van der Waals surface area contributed by atoms with E-state index < -0.39 is 0 Å². The molecule has 1 amide bonds. The Morgan fingerprint density at radius 2 is 1.96 bits per heavy atom. The second kappa shape index (κ2) is 7.26. The van der Waals surface area contributed by atoms with Crippen LogP contribution >= 0.6 is 0 Å². The number of anilines is 3. The van der Waals surface area contributed by atoms with E-state index in [0.717, 1.165) is 35.8 Å². The molecule has 7 heteroatoms. The van der Waals surface area contributed by atoms with Crippen molar-refractivity contribution in [3.63, 3.8) is 0 Å². The molecule has 4 rings (SSSR count).